The minimum absolute atomic E-state index is 0.318. The fraction of sp³-hybridized carbons (Fsp3) is 0.667. The van der Waals surface area contributed by atoms with Crippen LogP contribution in [0.2, 0.25) is 0 Å². The molecular formula is C21H33N. The van der Waals surface area contributed by atoms with Gasteiger partial charge in [-0.15, -0.1) is 0 Å². The highest BCUT2D eigenvalue weighted by atomic mass is 14.5. The van der Waals surface area contributed by atoms with Gasteiger partial charge in [-0.25, -0.2) is 0 Å². The summed E-state index contributed by atoms with van der Waals surface area (Å²) in [6.07, 6.45) is 8.01. The molecule has 0 aliphatic rings. The Balaban J connectivity index is 3.24. The van der Waals surface area contributed by atoms with E-state index >= 15 is 0 Å². The van der Waals surface area contributed by atoms with Gasteiger partial charge in [0.2, 0.25) is 0 Å². The highest BCUT2D eigenvalue weighted by Crippen LogP contribution is 2.43. The van der Waals surface area contributed by atoms with Crippen molar-refractivity contribution in [2.75, 3.05) is 0 Å². The Morgan fingerprint density at radius 1 is 0.955 bits per heavy atom. The average Bonchev–Trinajstić information content (AvgIpc) is 2.54. The van der Waals surface area contributed by atoms with Crippen LogP contribution in [0, 0.1) is 23.2 Å². The van der Waals surface area contributed by atoms with Crippen molar-refractivity contribution in [3.63, 3.8) is 0 Å². The van der Waals surface area contributed by atoms with Gasteiger partial charge in [0, 0.05) is 0 Å². The Bertz CT molecular complexity index is 439. The summed E-state index contributed by atoms with van der Waals surface area (Å²) in [5, 5.41) is 10.2. The first-order valence-electron chi connectivity index (χ1n) is 9.11. The summed E-state index contributed by atoms with van der Waals surface area (Å²) >= 11 is 0. The molecule has 0 spiro atoms. The van der Waals surface area contributed by atoms with Crippen LogP contribution in [0.15, 0.2) is 30.3 Å². The van der Waals surface area contributed by atoms with Crippen LogP contribution < -0.4 is 0 Å². The fourth-order valence-electron chi connectivity index (χ4n) is 3.94. The molecule has 0 radical (unpaired) electrons. The van der Waals surface area contributed by atoms with Gasteiger partial charge in [-0.2, -0.15) is 5.26 Å². The molecule has 0 aliphatic heterocycles. The molecule has 2 atom stereocenters. The predicted molar refractivity (Wildman–Crippen MR) is 95.7 cm³/mol. The fourth-order valence-corrected chi connectivity index (χ4v) is 3.94. The summed E-state index contributed by atoms with van der Waals surface area (Å²) in [5.41, 5.74) is 0.911. The Hall–Kier alpha value is -1.29. The van der Waals surface area contributed by atoms with E-state index in [4.69, 9.17) is 0 Å². The maximum absolute atomic E-state index is 10.2. The van der Waals surface area contributed by atoms with Crippen molar-refractivity contribution < 1.29 is 0 Å². The molecule has 0 aromatic heterocycles. The quantitative estimate of drug-likeness (QED) is 0.484. The molecule has 0 saturated carbocycles. The number of nitriles is 1. The maximum atomic E-state index is 10.2. The Labute approximate surface area is 137 Å². The van der Waals surface area contributed by atoms with Gasteiger partial charge in [0.25, 0.3) is 0 Å². The van der Waals surface area contributed by atoms with Crippen LogP contribution in [0.1, 0.15) is 78.2 Å². The zero-order valence-corrected chi connectivity index (χ0v) is 14.9. The second kappa shape index (κ2) is 9.67. The molecule has 0 heterocycles. The van der Waals surface area contributed by atoms with Gasteiger partial charge in [0.1, 0.15) is 0 Å². The molecule has 0 fully saturated rings. The number of rotatable bonds is 10. The standard InChI is InChI=1S/C21H33N/c1-5-11-18(4)16-21(17-22,19(12-6-2)13-7-3)20-14-9-8-10-15-20/h8-10,14-15,18-19H,5-7,11-13,16H2,1-4H3. The summed E-state index contributed by atoms with van der Waals surface area (Å²) in [6, 6.07) is 13.3. The molecule has 2 unspecified atom stereocenters. The SMILES string of the molecule is CCCC(C)CC(C#N)(c1ccccc1)C(CCC)CCC. The first kappa shape index (κ1) is 18.8. The topological polar surface area (TPSA) is 23.8 Å². The second-order valence-electron chi connectivity index (χ2n) is 6.82. The van der Waals surface area contributed by atoms with E-state index in [-0.39, 0.29) is 5.41 Å². The highest BCUT2D eigenvalue weighted by Gasteiger charge is 2.40. The molecule has 1 nitrogen and oxygen atoms in total. The summed E-state index contributed by atoms with van der Waals surface area (Å²) in [4.78, 5) is 0. The molecule has 0 amide bonds. The Kier molecular flexibility index (Phi) is 8.25. The van der Waals surface area contributed by atoms with E-state index in [1.54, 1.807) is 0 Å². The number of hydrogen-bond acceptors (Lipinski definition) is 1. The monoisotopic (exact) mass is 299 g/mol. The lowest BCUT2D eigenvalue weighted by Gasteiger charge is -2.38. The van der Waals surface area contributed by atoms with Crippen molar-refractivity contribution in [2.24, 2.45) is 11.8 Å². The average molecular weight is 300 g/mol. The predicted octanol–water partition coefficient (Wildman–Crippen LogP) is 6.49. The lowest BCUT2D eigenvalue weighted by molar-refractivity contribution is 0.242. The molecule has 122 valence electrons. The van der Waals surface area contributed by atoms with Crippen LogP contribution in [0.25, 0.3) is 0 Å². The van der Waals surface area contributed by atoms with Gasteiger partial charge < -0.3 is 0 Å². The van der Waals surface area contributed by atoms with Crippen LogP contribution in [-0.4, -0.2) is 0 Å². The number of hydrogen-bond donors (Lipinski definition) is 0. The third-order valence-electron chi connectivity index (χ3n) is 4.91. The van der Waals surface area contributed by atoms with E-state index in [0.717, 1.165) is 32.1 Å². The Morgan fingerprint density at radius 3 is 1.95 bits per heavy atom. The van der Waals surface area contributed by atoms with Crippen molar-refractivity contribution in [2.45, 2.75) is 78.1 Å². The van der Waals surface area contributed by atoms with Gasteiger partial charge in [-0.05, 0) is 36.7 Å². The van der Waals surface area contributed by atoms with Crippen LogP contribution in [-0.2, 0) is 5.41 Å². The van der Waals surface area contributed by atoms with Crippen molar-refractivity contribution >= 4 is 0 Å². The lowest BCUT2D eigenvalue weighted by Crippen LogP contribution is -2.36. The largest absolute Gasteiger partial charge is 0.197 e. The zero-order chi connectivity index (χ0) is 16.4. The summed E-state index contributed by atoms with van der Waals surface area (Å²) < 4.78 is 0. The summed E-state index contributed by atoms with van der Waals surface area (Å²) in [5.74, 6) is 1.07. The van der Waals surface area contributed by atoms with E-state index in [9.17, 15) is 5.26 Å². The normalized spacial score (nSPS) is 15.3. The smallest absolute Gasteiger partial charge is 0.0852 e. The van der Waals surface area contributed by atoms with Gasteiger partial charge in [0.15, 0.2) is 0 Å². The number of nitrogens with zero attached hydrogens (tertiary/aromatic N) is 1. The van der Waals surface area contributed by atoms with Gasteiger partial charge >= 0.3 is 0 Å². The molecule has 1 heteroatoms. The molecule has 0 saturated heterocycles. The number of benzene rings is 1. The molecule has 22 heavy (non-hydrogen) atoms. The van der Waals surface area contributed by atoms with E-state index in [0.29, 0.717) is 11.8 Å². The maximum Gasteiger partial charge on any atom is 0.0852 e. The van der Waals surface area contributed by atoms with Crippen LogP contribution in [0.3, 0.4) is 0 Å². The molecule has 1 rings (SSSR count). The zero-order valence-electron chi connectivity index (χ0n) is 14.9. The molecule has 0 bridgehead atoms. The van der Waals surface area contributed by atoms with Crippen molar-refractivity contribution in [1.29, 1.82) is 5.26 Å². The minimum Gasteiger partial charge on any atom is -0.197 e. The molecular weight excluding hydrogens is 266 g/mol. The van der Waals surface area contributed by atoms with Crippen molar-refractivity contribution in [3.8, 4) is 6.07 Å². The first-order valence-corrected chi connectivity index (χ1v) is 9.11. The van der Waals surface area contributed by atoms with E-state index in [1.807, 2.05) is 0 Å². The lowest BCUT2D eigenvalue weighted by atomic mass is 9.63. The van der Waals surface area contributed by atoms with E-state index < -0.39 is 0 Å². The minimum atomic E-state index is -0.318. The van der Waals surface area contributed by atoms with Crippen LogP contribution in [0.5, 0.6) is 0 Å². The molecule has 0 N–H and O–H groups in total. The van der Waals surface area contributed by atoms with Crippen molar-refractivity contribution in [3.05, 3.63) is 35.9 Å². The molecule has 0 aliphatic carbocycles. The third-order valence-corrected chi connectivity index (χ3v) is 4.91. The Morgan fingerprint density at radius 2 is 1.50 bits per heavy atom. The van der Waals surface area contributed by atoms with E-state index in [1.165, 1.54) is 18.4 Å². The first-order chi connectivity index (χ1) is 10.6. The highest BCUT2D eigenvalue weighted by molar-refractivity contribution is 5.34. The van der Waals surface area contributed by atoms with Crippen LogP contribution >= 0.6 is 0 Å². The summed E-state index contributed by atoms with van der Waals surface area (Å²) in [6.45, 7) is 9.03. The van der Waals surface area contributed by atoms with Gasteiger partial charge in [-0.1, -0.05) is 83.7 Å². The molecule has 1 aromatic rings. The third kappa shape index (κ3) is 4.60. The van der Waals surface area contributed by atoms with Crippen LogP contribution in [0.4, 0.5) is 0 Å². The molecule has 1 aromatic carbocycles. The van der Waals surface area contributed by atoms with Crippen molar-refractivity contribution in [1.82, 2.24) is 0 Å². The second-order valence-corrected chi connectivity index (χ2v) is 6.82. The van der Waals surface area contributed by atoms with E-state index in [2.05, 4.69) is 64.1 Å². The summed E-state index contributed by atoms with van der Waals surface area (Å²) in [7, 11) is 0. The van der Waals surface area contributed by atoms with Gasteiger partial charge in [0.05, 0.1) is 11.5 Å². The van der Waals surface area contributed by atoms with Gasteiger partial charge in [-0.3, -0.25) is 0 Å².